The third-order valence-corrected chi connectivity index (χ3v) is 8.96. The minimum Gasteiger partial charge on any atom is -0.504 e. The Morgan fingerprint density at radius 3 is 2.65 bits per heavy atom. The van der Waals surface area contributed by atoms with E-state index in [0.29, 0.717) is 18.2 Å². The molecule has 1 saturated heterocycles. The van der Waals surface area contributed by atoms with Crippen molar-refractivity contribution in [1.82, 2.24) is 9.97 Å². The van der Waals surface area contributed by atoms with E-state index in [9.17, 15) is 9.67 Å². The molecule has 2 heterocycles. The molecular formula is C19H28N3O3P. The first-order chi connectivity index (χ1) is 12.4. The van der Waals surface area contributed by atoms with Gasteiger partial charge in [-0.15, -0.1) is 0 Å². The average Bonchev–Trinajstić information content (AvgIpc) is 3.03. The van der Waals surface area contributed by atoms with E-state index in [2.05, 4.69) is 15.3 Å². The molecule has 6 nitrogen and oxygen atoms in total. The lowest BCUT2D eigenvalue weighted by Gasteiger charge is -2.32. The summed E-state index contributed by atoms with van der Waals surface area (Å²) in [5, 5.41) is 13.5. The molecule has 0 saturated carbocycles. The van der Waals surface area contributed by atoms with E-state index in [1.165, 1.54) is 0 Å². The fourth-order valence-electron chi connectivity index (χ4n) is 3.73. The van der Waals surface area contributed by atoms with Crippen molar-refractivity contribution in [2.24, 2.45) is 0 Å². The maximum atomic E-state index is 13.8. The minimum atomic E-state index is -2.38. The number of methoxy groups -OCH3 is 1. The van der Waals surface area contributed by atoms with Gasteiger partial charge in [-0.1, -0.05) is 12.5 Å². The van der Waals surface area contributed by atoms with E-state index in [-0.39, 0.29) is 11.4 Å². The molecule has 142 valence electrons. The third-order valence-electron chi connectivity index (χ3n) is 5.20. The summed E-state index contributed by atoms with van der Waals surface area (Å²) >= 11 is 0. The highest BCUT2D eigenvalue weighted by atomic mass is 31.2. The van der Waals surface area contributed by atoms with Crippen LogP contribution in [0.3, 0.4) is 0 Å². The molecule has 1 unspecified atom stereocenters. The van der Waals surface area contributed by atoms with Crippen LogP contribution in [0.25, 0.3) is 0 Å². The number of phenols is 1. The molecular weight excluding hydrogens is 349 g/mol. The Labute approximate surface area is 154 Å². The van der Waals surface area contributed by atoms with Crippen LogP contribution in [-0.4, -0.2) is 41.1 Å². The van der Waals surface area contributed by atoms with E-state index >= 15 is 0 Å². The largest absolute Gasteiger partial charge is 0.504 e. The van der Waals surface area contributed by atoms with Crippen molar-refractivity contribution < 1.29 is 14.4 Å². The first-order valence-corrected chi connectivity index (χ1v) is 11.3. The Hall–Kier alpha value is -1.94. The van der Waals surface area contributed by atoms with Gasteiger partial charge in [0.15, 0.2) is 17.4 Å². The molecule has 1 aliphatic rings. The van der Waals surface area contributed by atoms with Crippen LogP contribution >= 0.6 is 7.14 Å². The van der Waals surface area contributed by atoms with Crippen LogP contribution < -0.4 is 10.1 Å². The second-order valence-corrected chi connectivity index (χ2v) is 10.6. The number of aromatic amines is 1. The molecule has 0 amide bonds. The number of ether oxygens (including phenoxy) is 1. The quantitative estimate of drug-likeness (QED) is 0.648. The topological polar surface area (TPSA) is 87.2 Å². The summed E-state index contributed by atoms with van der Waals surface area (Å²) in [6, 6.07) is 3.77. The second kappa shape index (κ2) is 7.75. The molecule has 1 aromatic heterocycles. The van der Waals surface area contributed by atoms with E-state index < -0.39 is 7.14 Å². The Balaban J connectivity index is 1.94. The van der Waals surface area contributed by atoms with Gasteiger partial charge in [-0.05, 0) is 43.9 Å². The molecule has 2 aromatic rings. The first-order valence-electron chi connectivity index (χ1n) is 9.13. The van der Waals surface area contributed by atoms with Crippen LogP contribution in [0.1, 0.15) is 41.7 Å². The van der Waals surface area contributed by atoms with Gasteiger partial charge in [0.05, 0.1) is 19.9 Å². The number of aryl methyl sites for hydroxylation is 2. The van der Waals surface area contributed by atoms with E-state index in [0.717, 1.165) is 48.4 Å². The second-order valence-electron chi connectivity index (χ2n) is 7.16. The highest BCUT2D eigenvalue weighted by molar-refractivity contribution is 7.64. The first kappa shape index (κ1) is 18.8. The number of hydrogen-bond acceptors (Lipinski definition) is 5. The zero-order valence-electron chi connectivity index (χ0n) is 15.7. The molecule has 1 aromatic carbocycles. The lowest BCUT2D eigenvalue weighted by molar-refractivity contribution is 0.371. The fourth-order valence-corrected chi connectivity index (χ4v) is 7.21. The van der Waals surface area contributed by atoms with Crippen molar-refractivity contribution in [2.75, 3.05) is 31.3 Å². The summed E-state index contributed by atoms with van der Waals surface area (Å²) in [4.78, 5) is 7.46. The SMILES string of the molecule is COc1cc(C(CNc2ncc(C)[nH]2)P2(=O)CCCCC2)cc(C)c1O. The van der Waals surface area contributed by atoms with Crippen LogP contribution in [0.5, 0.6) is 11.5 Å². The van der Waals surface area contributed by atoms with Gasteiger partial charge in [0.1, 0.15) is 0 Å². The standard InChI is InChI=1S/C19H28N3O3P/c1-13-9-15(10-16(25-3)18(13)23)17(26(24)7-5-4-6-8-26)12-21-19-20-11-14(2)22-19/h9-11,17,23H,4-8,12H2,1-3H3,(H2,20,21,22). The summed E-state index contributed by atoms with van der Waals surface area (Å²) in [7, 11) is -0.841. The molecule has 1 fully saturated rings. The Morgan fingerprint density at radius 1 is 1.31 bits per heavy atom. The van der Waals surface area contributed by atoms with Crippen molar-refractivity contribution in [2.45, 2.75) is 38.8 Å². The Bertz CT molecular complexity index is 808. The molecule has 3 N–H and O–H groups in total. The number of phenolic OH excluding ortho intramolecular Hbond substituents is 1. The van der Waals surface area contributed by atoms with E-state index in [4.69, 9.17) is 4.74 Å². The molecule has 3 rings (SSSR count). The average molecular weight is 377 g/mol. The van der Waals surface area contributed by atoms with Gasteiger partial charge in [-0.3, -0.25) is 0 Å². The van der Waals surface area contributed by atoms with Crippen LogP contribution in [0, 0.1) is 13.8 Å². The fraction of sp³-hybridized carbons (Fsp3) is 0.526. The van der Waals surface area contributed by atoms with Crippen LogP contribution in [-0.2, 0) is 4.57 Å². The Morgan fingerprint density at radius 2 is 2.04 bits per heavy atom. The number of H-pyrrole nitrogens is 1. The lowest BCUT2D eigenvalue weighted by atomic mass is 10.1. The van der Waals surface area contributed by atoms with Gasteiger partial charge in [0, 0.05) is 30.8 Å². The molecule has 1 atom stereocenters. The highest BCUT2D eigenvalue weighted by Gasteiger charge is 2.36. The molecule has 0 bridgehead atoms. The monoisotopic (exact) mass is 377 g/mol. The van der Waals surface area contributed by atoms with Gasteiger partial charge in [0.25, 0.3) is 0 Å². The Kier molecular flexibility index (Phi) is 5.61. The number of benzene rings is 1. The van der Waals surface area contributed by atoms with Gasteiger partial charge >= 0.3 is 0 Å². The van der Waals surface area contributed by atoms with Crippen molar-refractivity contribution >= 4 is 13.1 Å². The minimum absolute atomic E-state index is 0.124. The third kappa shape index (κ3) is 3.90. The molecule has 0 radical (unpaired) electrons. The number of aromatic hydroxyl groups is 1. The van der Waals surface area contributed by atoms with Crippen molar-refractivity contribution in [3.63, 3.8) is 0 Å². The summed E-state index contributed by atoms with van der Waals surface area (Å²) < 4.78 is 19.1. The molecule has 7 heteroatoms. The normalized spacial score (nSPS) is 17.7. The van der Waals surface area contributed by atoms with E-state index in [1.807, 2.05) is 26.0 Å². The maximum Gasteiger partial charge on any atom is 0.200 e. The highest BCUT2D eigenvalue weighted by Crippen LogP contribution is 2.62. The summed E-state index contributed by atoms with van der Waals surface area (Å²) in [5.74, 6) is 1.27. The zero-order chi connectivity index (χ0) is 18.7. The van der Waals surface area contributed by atoms with Crippen LogP contribution in [0.15, 0.2) is 18.3 Å². The number of hydrogen-bond donors (Lipinski definition) is 3. The maximum absolute atomic E-state index is 13.8. The number of anilines is 1. The molecule has 0 spiro atoms. The number of nitrogens with zero attached hydrogens (tertiary/aromatic N) is 1. The van der Waals surface area contributed by atoms with Gasteiger partial charge in [-0.2, -0.15) is 0 Å². The van der Waals surface area contributed by atoms with Crippen molar-refractivity contribution in [3.05, 3.63) is 35.2 Å². The summed E-state index contributed by atoms with van der Waals surface area (Å²) in [6.45, 7) is 4.34. The van der Waals surface area contributed by atoms with Crippen molar-refractivity contribution in [3.8, 4) is 11.5 Å². The number of aromatic nitrogens is 2. The van der Waals surface area contributed by atoms with Crippen molar-refractivity contribution in [1.29, 1.82) is 0 Å². The predicted molar refractivity (Wildman–Crippen MR) is 105 cm³/mol. The lowest BCUT2D eigenvalue weighted by Crippen LogP contribution is -2.19. The van der Waals surface area contributed by atoms with Crippen LogP contribution in [0.4, 0.5) is 5.95 Å². The number of rotatable bonds is 6. The molecule has 1 aliphatic heterocycles. The van der Waals surface area contributed by atoms with E-state index in [1.54, 1.807) is 13.3 Å². The summed E-state index contributed by atoms with van der Waals surface area (Å²) in [5.41, 5.74) is 2.55. The summed E-state index contributed by atoms with van der Waals surface area (Å²) in [6.07, 6.45) is 6.51. The molecule has 26 heavy (non-hydrogen) atoms. The number of imidazole rings is 1. The predicted octanol–water partition coefficient (Wildman–Crippen LogP) is 4.44. The van der Waals surface area contributed by atoms with Crippen LogP contribution in [0.2, 0.25) is 0 Å². The zero-order valence-corrected chi connectivity index (χ0v) is 16.6. The number of nitrogens with one attached hydrogen (secondary N) is 2. The van der Waals surface area contributed by atoms with Gasteiger partial charge in [-0.25, -0.2) is 4.98 Å². The molecule has 0 aliphatic carbocycles. The van der Waals surface area contributed by atoms with Gasteiger partial charge in [0.2, 0.25) is 0 Å². The van der Waals surface area contributed by atoms with Gasteiger partial charge < -0.3 is 24.7 Å². The smallest absolute Gasteiger partial charge is 0.200 e.